The third kappa shape index (κ3) is 2.80. The van der Waals surface area contributed by atoms with E-state index in [0.29, 0.717) is 34.5 Å². The first-order valence-electron chi connectivity index (χ1n) is 5.57. The van der Waals surface area contributed by atoms with E-state index in [9.17, 15) is 5.11 Å². The second-order valence-electron chi connectivity index (χ2n) is 3.63. The standard InChI is InChI=1S/C12H13ClN2O3/c1-2-11-14-10(15-18-11)7-17-12-8(6-16)4-3-5-9(12)13/h3-5,16H,2,6-7H2,1H3. The zero-order valence-electron chi connectivity index (χ0n) is 9.89. The van der Waals surface area contributed by atoms with E-state index >= 15 is 0 Å². The van der Waals surface area contributed by atoms with Gasteiger partial charge in [-0.1, -0.05) is 35.8 Å². The molecule has 1 N–H and O–H groups in total. The smallest absolute Gasteiger partial charge is 0.226 e. The molecule has 1 heterocycles. The minimum Gasteiger partial charge on any atom is -0.484 e. The molecule has 0 unspecified atom stereocenters. The summed E-state index contributed by atoms with van der Waals surface area (Å²) in [5, 5.41) is 13.4. The number of ether oxygens (including phenoxy) is 1. The molecule has 0 aliphatic heterocycles. The van der Waals surface area contributed by atoms with E-state index in [4.69, 9.17) is 20.9 Å². The highest BCUT2D eigenvalue weighted by molar-refractivity contribution is 6.32. The molecule has 0 radical (unpaired) electrons. The minimum absolute atomic E-state index is 0.137. The predicted octanol–water partition coefficient (Wildman–Crippen LogP) is 2.36. The molecule has 0 atom stereocenters. The van der Waals surface area contributed by atoms with Crippen LogP contribution >= 0.6 is 11.6 Å². The van der Waals surface area contributed by atoms with E-state index in [2.05, 4.69) is 10.1 Å². The van der Waals surface area contributed by atoms with Gasteiger partial charge in [0.1, 0.15) is 5.75 Å². The summed E-state index contributed by atoms with van der Waals surface area (Å²) in [7, 11) is 0. The first-order chi connectivity index (χ1) is 8.74. The van der Waals surface area contributed by atoms with E-state index in [1.54, 1.807) is 18.2 Å². The Kier molecular flexibility index (Phi) is 4.17. The molecule has 0 saturated heterocycles. The molecular formula is C12H13ClN2O3. The monoisotopic (exact) mass is 268 g/mol. The number of aliphatic hydroxyl groups excluding tert-OH is 1. The zero-order chi connectivity index (χ0) is 13.0. The van der Waals surface area contributed by atoms with E-state index in [1.807, 2.05) is 6.92 Å². The Morgan fingerprint density at radius 3 is 2.94 bits per heavy atom. The van der Waals surface area contributed by atoms with Crippen LogP contribution in [-0.4, -0.2) is 15.2 Å². The van der Waals surface area contributed by atoms with Crippen molar-refractivity contribution in [3.05, 3.63) is 40.5 Å². The van der Waals surface area contributed by atoms with Crippen molar-refractivity contribution in [3.8, 4) is 5.75 Å². The highest BCUT2D eigenvalue weighted by atomic mass is 35.5. The molecule has 0 spiro atoms. The highest BCUT2D eigenvalue weighted by Crippen LogP contribution is 2.29. The number of nitrogens with zero attached hydrogens (tertiary/aromatic N) is 2. The second-order valence-corrected chi connectivity index (χ2v) is 4.04. The summed E-state index contributed by atoms with van der Waals surface area (Å²) in [4.78, 5) is 4.12. The molecule has 2 rings (SSSR count). The lowest BCUT2D eigenvalue weighted by molar-refractivity contribution is 0.253. The number of rotatable bonds is 5. The minimum atomic E-state index is -0.137. The van der Waals surface area contributed by atoms with Crippen molar-refractivity contribution in [3.63, 3.8) is 0 Å². The summed E-state index contributed by atoms with van der Waals surface area (Å²) in [6.07, 6.45) is 0.682. The van der Waals surface area contributed by atoms with Gasteiger partial charge in [-0.3, -0.25) is 0 Å². The summed E-state index contributed by atoms with van der Waals surface area (Å²) in [5.74, 6) is 1.47. The fourth-order valence-electron chi connectivity index (χ4n) is 1.47. The summed E-state index contributed by atoms with van der Waals surface area (Å²) < 4.78 is 10.5. The Balaban J connectivity index is 2.10. The molecule has 18 heavy (non-hydrogen) atoms. The first-order valence-corrected chi connectivity index (χ1v) is 5.95. The van der Waals surface area contributed by atoms with E-state index in [-0.39, 0.29) is 13.2 Å². The molecule has 0 saturated carbocycles. The molecule has 96 valence electrons. The number of aromatic nitrogens is 2. The Bertz CT molecular complexity index is 528. The van der Waals surface area contributed by atoms with Crippen molar-refractivity contribution in [2.45, 2.75) is 26.6 Å². The molecule has 0 bridgehead atoms. The van der Waals surface area contributed by atoms with E-state index < -0.39 is 0 Å². The van der Waals surface area contributed by atoms with Gasteiger partial charge in [0.15, 0.2) is 6.61 Å². The van der Waals surface area contributed by atoms with Crippen LogP contribution in [0.1, 0.15) is 24.2 Å². The maximum Gasteiger partial charge on any atom is 0.226 e. The first kappa shape index (κ1) is 12.9. The van der Waals surface area contributed by atoms with Gasteiger partial charge in [-0.25, -0.2) is 0 Å². The van der Waals surface area contributed by atoms with Crippen molar-refractivity contribution in [2.24, 2.45) is 0 Å². The van der Waals surface area contributed by atoms with Gasteiger partial charge in [0.25, 0.3) is 0 Å². The fourth-order valence-corrected chi connectivity index (χ4v) is 1.72. The van der Waals surface area contributed by atoms with Crippen LogP contribution in [0.25, 0.3) is 0 Å². The summed E-state index contributed by atoms with van der Waals surface area (Å²) in [5.41, 5.74) is 0.627. The average Bonchev–Trinajstić information content (AvgIpc) is 2.85. The number of hydrogen-bond donors (Lipinski definition) is 1. The predicted molar refractivity (Wildman–Crippen MR) is 65.4 cm³/mol. The summed E-state index contributed by atoms with van der Waals surface area (Å²) >= 11 is 6.01. The van der Waals surface area contributed by atoms with Gasteiger partial charge in [0.2, 0.25) is 11.7 Å². The van der Waals surface area contributed by atoms with Crippen LogP contribution in [-0.2, 0) is 19.6 Å². The Morgan fingerprint density at radius 1 is 1.44 bits per heavy atom. The molecule has 0 amide bonds. The van der Waals surface area contributed by atoms with Crippen LogP contribution in [0, 0.1) is 0 Å². The summed E-state index contributed by atoms with van der Waals surface area (Å²) in [6.45, 7) is 1.94. The number of para-hydroxylation sites is 1. The van der Waals surface area contributed by atoms with Crippen LogP contribution in [0.2, 0.25) is 5.02 Å². The topological polar surface area (TPSA) is 68.4 Å². The maximum atomic E-state index is 9.19. The van der Waals surface area contributed by atoms with Crippen molar-refractivity contribution in [2.75, 3.05) is 0 Å². The Hall–Kier alpha value is -1.59. The van der Waals surface area contributed by atoms with Gasteiger partial charge in [-0.05, 0) is 6.07 Å². The van der Waals surface area contributed by atoms with Gasteiger partial charge in [0.05, 0.1) is 11.6 Å². The molecule has 5 nitrogen and oxygen atoms in total. The third-order valence-electron chi connectivity index (χ3n) is 2.38. The maximum absolute atomic E-state index is 9.19. The van der Waals surface area contributed by atoms with Gasteiger partial charge in [-0.15, -0.1) is 0 Å². The SMILES string of the molecule is CCc1nc(COc2c(Cl)cccc2CO)no1. The van der Waals surface area contributed by atoms with Crippen LogP contribution in [0.4, 0.5) is 0 Å². The lowest BCUT2D eigenvalue weighted by atomic mass is 10.2. The Labute approximate surface area is 109 Å². The molecular weight excluding hydrogens is 256 g/mol. The van der Waals surface area contributed by atoms with Crippen molar-refractivity contribution in [1.82, 2.24) is 10.1 Å². The highest BCUT2D eigenvalue weighted by Gasteiger charge is 2.10. The molecule has 0 fully saturated rings. The van der Waals surface area contributed by atoms with Crippen LogP contribution < -0.4 is 4.74 Å². The largest absolute Gasteiger partial charge is 0.484 e. The van der Waals surface area contributed by atoms with Crippen LogP contribution in [0.3, 0.4) is 0 Å². The van der Waals surface area contributed by atoms with Crippen LogP contribution in [0.5, 0.6) is 5.75 Å². The number of benzene rings is 1. The lowest BCUT2D eigenvalue weighted by Gasteiger charge is -2.09. The number of hydrogen-bond acceptors (Lipinski definition) is 5. The average molecular weight is 269 g/mol. The van der Waals surface area contributed by atoms with Gasteiger partial charge >= 0.3 is 0 Å². The Morgan fingerprint density at radius 2 is 2.28 bits per heavy atom. The zero-order valence-corrected chi connectivity index (χ0v) is 10.6. The lowest BCUT2D eigenvalue weighted by Crippen LogP contribution is -2.01. The molecule has 2 aromatic rings. The van der Waals surface area contributed by atoms with Crippen molar-refractivity contribution < 1.29 is 14.4 Å². The van der Waals surface area contributed by atoms with Gasteiger partial charge in [0, 0.05) is 12.0 Å². The van der Waals surface area contributed by atoms with Gasteiger partial charge in [-0.2, -0.15) is 4.98 Å². The van der Waals surface area contributed by atoms with E-state index in [1.165, 1.54) is 0 Å². The summed E-state index contributed by atoms with van der Waals surface area (Å²) in [6, 6.07) is 5.20. The van der Waals surface area contributed by atoms with Crippen LogP contribution in [0.15, 0.2) is 22.7 Å². The van der Waals surface area contributed by atoms with Crippen molar-refractivity contribution >= 4 is 11.6 Å². The quantitative estimate of drug-likeness (QED) is 0.901. The number of aryl methyl sites for hydroxylation is 1. The number of aliphatic hydroxyl groups is 1. The molecule has 0 aliphatic carbocycles. The molecule has 0 aliphatic rings. The van der Waals surface area contributed by atoms with Gasteiger partial charge < -0.3 is 14.4 Å². The fraction of sp³-hybridized carbons (Fsp3) is 0.333. The number of halogens is 1. The molecule has 1 aromatic carbocycles. The normalized spacial score (nSPS) is 10.6. The van der Waals surface area contributed by atoms with Crippen molar-refractivity contribution in [1.29, 1.82) is 0 Å². The second kappa shape index (κ2) is 5.84. The van der Waals surface area contributed by atoms with E-state index in [0.717, 1.165) is 0 Å². The third-order valence-corrected chi connectivity index (χ3v) is 2.67. The molecule has 1 aromatic heterocycles. The molecule has 6 heteroatoms.